The van der Waals surface area contributed by atoms with E-state index in [4.69, 9.17) is 0 Å². The van der Waals surface area contributed by atoms with Crippen LogP contribution in [0.3, 0.4) is 0 Å². The number of anilines is 1. The predicted octanol–water partition coefficient (Wildman–Crippen LogP) is 1.95. The number of ether oxygens (including phenoxy) is 1. The first-order chi connectivity index (χ1) is 9.67. The number of hydrogen-bond donors (Lipinski definition) is 2. The summed E-state index contributed by atoms with van der Waals surface area (Å²) in [5.74, 6) is 0.893. The Bertz CT molecular complexity index is 779. The van der Waals surface area contributed by atoms with Crippen molar-refractivity contribution in [2.75, 3.05) is 19.0 Å². The number of nitrogens with one attached hydrogen (secondary N) is 2. The Balaban J connectivity index is 1.82. The molecule has 0 spiro atoms. The van der Waals surface area contributed by atoms with Crippen LogP contribution in [0.2, 0.25) is 0 Å². The number of imidazole rings is 1. The number of aromatic nitrogens is 4. The third-order valence-electron chi connectivity index (χ3n) is 2.88. The van der Waals surface area contributed by atoms with Gasteiger partial charge in [0, 0.05) is 11.0 Å². The van der Waals surface area contributed by atoms with Crippen LogP contribution in [-0.2, 0) is 9.53 Å². The van der Waals surface area contributed by atoms with Crippen LogP contribution in [0.1, 0.15) is 6.42 Å². The summed E-state index contributed by atoms with van der Waals surface area (Å²) in [7, 11) is 1.37. The Hall–Kier alpha value is -2.09. The number of nitrogens with zero attached hydrogens (tertiary/aromatic N) is 3. The largest absolute Gasteiger partial charge is 0.469 e. The Morgan fingerprint density at radius 3 is 3.15 bits per heavy atom. The second kappa shape index (κ2) is 5.12. The Labute approximate surface area is 122 Å². The fourth-order valence-electron chi connectivity index (χ4n) is 1.92. The minimum Gasteiger partial charge on any atom is -0.469 e. The van der Waals surface area contributed by atoms with E-state index < -0.39 is 0 Å². The minimum absolute atomic E-state index is 0.260. The van der Waals surface area contributed by atoms with Crippen LogP contribution in [0, 0.1) is 0 Å². The topological polar surface area (TPSA) is 84.3 Å². The van der Waals surface area contributed by atoms with Gasteiger partial charge in [-0.15, -0.1) is 0 Å². The van der Waals surface area contributed by atoms with Crippen LogP contribution >= 0.6 is 15.9 Å². The third-order valence-corrected chi connectivity index (χ3v) is 3.37. The SMILES string of the molecule is COC(=O)CCNc1nc2nc3cc(Br)ccc3n2[nH]1. The van der Waals surface area contributed by atoms with E-state index in [1.54, 1.807) is 4.52 Å². The molecule has 1 aromatic carbocycles. The van der Waals surface area contributed by atoms with Gasteiger partial charge in [-0.25, -0.2) is 9.50 Å². The van der Waals surface area contributed by atoms with Gasteiger partial charge in [-0.05, 0) is 18.2 Å². The molecule has 0 atom stereocenters. The van der Waals surface area contributed by atoms with Crippen molar-refractivity contribution in [1.82, 2.24) is 19.6 Å². The molecule has 0 aliphatic carbocycles. The van der Waals surface area contributed by atoms with E-state index in [9.17, 15) is 4.79 Å². The van der Waals surface area contributed by atoms with Crippen LogP contribution < -0.4 is 5.32 Å². The minimum atomic E-state index is -0.260. The molecule has 2 aromatic heterocycles. The number of benzene rings is 1. The smallest absolute Gasteiger partial charge is 0.307 e. The molecule has 0 fully saturated rings. The van der Waals surface area contributed by atoms with Gasteiger partial charge in [-0.2, -0.15) is 4.98 Å². The second-order valence-corrected chi connectivity index (χ2v) is 5.12. The summed E-state index contributed by atoms with van der Waals surface area (Å²) >= 11 is 3.41. The molecule has 0 unspecified atom stereocenters. The quantitative estimate of drug-likeness (QED) is 0.711. The molecule has 8 heteroatoms. The molecule has 0 saturated heterocycles. The molecule has 2 heterocycles. The van der Waals surface area contributed by atoms with Crippen molar-refractivity contribution in [3.8, 4) is 0 Å². The fourth-order valence-corrected chi connectivity index (χ4v) is 2.27. The van der Waals surface area contributed by atoms with Crippen molar-refractivity contribution in [3.63, 3.8) is 0 Å². The summed E-state index contributed by atoms with van der Waals surface area (Å²) < 4.78 is 7.34. The number of esters is 1. The maximum Gasteiger partial charge on any atom is 0.307 e. The van der Waals surface area contributed by atoms with E-state index in [1.165, 1.54) is 7.11 Å². The molecule has 0 radical (unpaired) electrons. The van der Waals surface area contributed by atoms with Gasteiger partial charge in [0.15, 0.2) is 0 Å². The molecule has 0 saturated carbocycles. The monoisotopic (exact) mass is 337 g/mol. The third kappa shape index (κ3) is 2.34. The predicted molar refractivity (Wildman–Crippen MR) is 77.7 cm³/mol. The Morgan fingerprint density at radius 2 is 2.35 bits per heavy atom. The Morgan fingerprint density at radius 1 is 1.50 bits per heavy atom. The molecular formula is C12H12BrN5O2. The van der Waals surface area contributed by atoms with Gasteiger partial charge in [0.1, 0.15) is 0 Å². The van der Waals surface area contributed by atoms with Gasteiger partial charge >= 0.3 is 5.97 Å². The molecule has 7 nitrogen and oxygen atoms in total. The zero-order valence-corrected chi connectivity index (χ0v) is 12.3. The van der Waals surface area contributed by atoms with E-state index in [0.29, 0.717) is 18.3 Å². The number of H-pyrrole nitrogens is 1. The van der Waals surface area contributed by atoms with Gasteiger partial charge in [-0.3, -0.25) is 9.89 Å². The van der Waals surface area contributed by atoms with Gasteiger partial charge in [0.25, 0.3) is 5.78 Å². The first kappa shape index (κ1) is 12.9. The number of fused-ring (bicyclic) bond motifs is 3. The number of methoxy groups -OCH3 is 1. The molecular weight excluding hydrogens is 326 g/mol. The van der Waals surface area contributed by atoms with Gasteiger partial charge < -0.3 is 10.1 Å². The van der Waals surface area contributed by atoms with Crippen LogP contribution in [-0.4, -0.2) is 39.2 Å². The summed E-state index contributed by atoms with van der Waals surface area (Å²) in [5, 5.41) is 6.12. The first-order valence-corrected chi connectivity index (χ1v) is 6.81. The zero-order chi connectivity index (χ0) is 14.1. The van der Waals surface area contributed by atoms with Crippen LogP contribution in [0.4, 0.5) is 5.95 Å². The number of carbonyl (C=O) groups excluding carboxylic acids is 1. The summed E-state index contributed by atoms with van der Waals surface area (Å²) in [5.41, 5.74) is 1.80. The average molecular weight is 338 g/mol. The number of carbonyl (C=O) groups is 1. The summed E-state index contributed by atoms with van der Waals surface area (Å²) in [4.78, 5) is 19.8. The van der Waals surface area contributed by atoms with E-state index in [2.05, 4.69) is 41.1 Å². The Kier molecular flexibility index (Phi) is 3.31. The molecule has 2 N–H and O–H groups in total. The van der Waals surface area contributed by atoms with Crippen LogP contribution in [0.15, 0.2) is 22.7 Å². The summed E-state index contributed by atoms with van der Waals surface area (Å²) in [6, 6.07) is 5.83. The normalized spacial score (nSPS) is 11.1. The van der Waals surface area contributed by atoms with Gasteiger partial charge in [0.05, 0.1) is 24.6 Å². The van der Waals surface area contributed by atoms with Gasteiger partial charge in [0.2, 0.25) is 5.95 Å². The highest BCUT2D eigenvalue weighted by Crippen LogP contribution is 2.20. The zero-order valence-electron chi connectivity index (χ0n) is 10.7. The molecule has 0 bridgehead atoms. The number of hydrogen-bond acceptors (Lipinski definition) is 5. The van der Waals surface area contributed by atoms with Crippen molar-refractivity contribution in [1.29, 1.82) is 0 Å². The lowest BCUT2D eigenvalue weighted by molar-refractivity contribution is -0.140. The van der Waals surface area contributed by atoms with Crippen LogP contribution in [0.5, 0.6) is 0 Å². The molecule has 3 rings (SSSR count). The van der Waals surface area contributed by atoms with Gasteiger partial charge in [-0.1, -0.05) is 15.9 Å². The summed E-state index contributed by atoms with van der Waals surface area (Å²) in [6.07, 6.45) is 0.285. The fraction of sp³-hybridized carbons (Fsp3) is 0.250. The van der Waals surface area contributed by atoms with E-state index in [-0.39, 0.29) is 12.4 Å². The number of aromatic amines is 1. The average Bonchev–Trinajstić information content (AvgIpc) is 2.94. The van der Waals surface area contributed by atoms with Crippen molar-refractivity contribution in [2.24, 2.45) is 0 Å². The van der Waals surface area contributed by atoms with Crippen molar-refractivity contribution in [3.05, 3.63) is 22.7 Å². The lowest BCUT2D eigenvalue weighted by atomic mass is 10.3. The molecule has 3 aromatic rings. The first-order valence-electron chi connectivity index (χ1n) is 6.02. The van der Waals surface area contributed by atoms with Crippen molar-refractivity contribution >= 4 is 44.7 Å². The number of halogens is 1. The molecule has 0 aliphatic heterocycles. The van der Waals surface area contributed by atoms with Crippen molar-refractivity contribution < 1.29 is 9.53 Å². The lowest BCUT2D eigenvalue weighted by Crippen LogP contribution is -2.10. The van der Waals surface area contributed by atoms with E-state index in [0.717, 1.165) is 15.5 Å². The highest BCUT2D eigenvalue weighted by atomic mass is 79.9. The number of rotatable bonds is 4. The second-order valence-electron chi connectivity index (χ2n) is 4.21. The highest BCUT2D eigenvalue weighted by Gasteiger charge is 2.10. The standard InChI is InChI=1S/C12H12BrN5O2/c1-20-10(19)4-5-14-11-16-12-15-8-6-7(13)2-3-9(8)18(12)17-11/h2-3,6H,4-5H2,1H3,(H2,14,15,16,17). The summed E-state index contributed by atoms with van der Waals surface area (Å²) in [6.45, 7) is 0.451. The molecule has 104 valence electrons. The van der Waals surface area contributed by atoms with E-state index >= 15 is 0 Å². The highest BCUT2D eigenvalue weighted by molar-refractivity contribution is 9.10. The lowest BCUT2D eigenvalue weighted by Gasteiger charge is -2.00. The maximum absolute atomic E-state index is 11.0. The molecule has 20 heavy (non-hydrogen) atoms. The van der Waals surface area contributed by atoms with Crippen LogP contribution in [0.25, 0.3) is 16.8 Å². The van der Waals surface area contributed by atoms with Crippen molar-refractivity contribution in [2.45, 2.75) is 6.42 Å². The van der Waals surface area contributed by atoms with E-state index in [1.807, 2.05) is 18.2 Å². The molecule has 0 aliphatic rings. The molecule has 0 amide bonds. The maximum atomic E-state index is 11.0.